The van der Waals surface area contributed by atoms with Crippen LogP contribution in [0.25, 0.3) is 0 Å². The maximum Gasteiger partial charge on any atom is 0.460 e. The van der Waals surface area contributed by atoms with E-state index in [2.05, 4.69) is 0 Å². The third-order valence-corrected chi connectivity index (χ3v) is 6.33. The van der Waals surface area contributed by atoms with Crippen LogP contribution in [0.3, 0.4) is 0 Å². The molecule has 1 unspecified atom stereocenters. The number of rotatable bonds is 11. The summed E-state index contributed by atoms with van der Waals surface area (Å²) < 4.78 is 180. The summed E-state index contributed by atoms with van der Waals surface area (Å²) in [6, 6.07) is -1.15. The monoisotopic (exact) mass is 480 g/mol. The predicted molar refractivity (Wildman–Crippen MR) is 75.2 cm³/mol. The lowest BCUT2D eigenvalue weighted by atomic mass is 9.89. The molecule has 0 heterocycles. The van der Waals surface area contributed by atoms with E-state index in [9.17, 15) is 57.1 Å². The minimum absolute atomic E-state index is 0.169. The van der Waals surface area contributed by atoms with Crippen molar-refractivity contribution in [3.8, 4) is 0 Å². The second-order valence-corrected chi connectivity index (χ2v) is 7.89. The molecule has 0 aromatic heterocycles. The van der Waals surface area contributed by atoms with Gasteiger partial charge in [0.1, 0.15) is 0 Å². The average molecular weight is 480 g/mol. The van der Waals surface area contributed by atoms with Crippen LogP contribution in [0.2, 0.25) is 6.04 Å². The number of alkyl halides is 13. The summed E-state index contributed by atoms with van der Waals surface area (Å²) in [6.07, 6.45) is -7.42. The van der Waals surface area contributed by atoms with Crippen LogP contribution in [-0.2, 0) is 8.85 Å². The molecule has 2 nitrogen and oxygen atoms in total. The van der Waals surface area contributed by atoms with Crippen LogP contribution in [0, 0.1) is 5.92 Å². The highest BCUT2D eigenvalue weighted by molar-refractivity contribution is 6.44. The molecular weight excluding hydrogens is 463 g/mol. The largest absolute Gasteiger partial charge is 0.460 e. The van der Waals surface area contributed by atoms with Crippen molar-refractivity contribution in [2.45, 2.75) is 62.6 Å². The lowest BCUT2D eigenvalue weighted by Gasteiger charge is -2.41. The molecule has 0 aromatic carbocycles. The molecule has 0 rings (SSSR count). The van der Waals surface area contributed by atoms with E-state index in [4.69, 9.17) is 8.85 Å². The summed E-state index contributed by atoms with van der Waals surface area (Å²) in [4.78, 5) is 0. The first-order valence-corrected chi connectivity index (χ1v) is 9.61. The molecule has 1 atom stereocenters. The van der Waals surface area contributed by atoms with Gasteiger partial charge in [0.25, 0.3) is 0 Å². The Hall–Kier alpha value is -0.773. The Morgan fingerprint density at radius 2 is 0.966 bits per heavy atom. The average Bonchev–Trinajstić information content (AvgIpc) is 2.53. The van der Waals surface area contributed by atoms with Gasteiger partial charge in [-0.3, -0.25) is 0 Å². The molecule has 0 aliphatic rings. The van der Waals surface area contributed by atoms with Gasteiger partial charge in [-0.15, -0.1) is 0 Å². The van der Waals surface area contributed by atoms with Crippen LogP contribution < -0.4 is 0 Å². The third kappa shape index (κ3) is 4.78. The summed E-state index contributed by atoms with van der Waals surface area (Å²) in [5.74, 6) is -39.7. The van der Waals surface area contributed by atoms with Crippen molar-refractivity contribution in [3.63, 3.8) is 0 Å². The van der Waals surface area contributed by atoms with Crippen molar-refractivity contribution in [1.29, 1.82) is 0 Å². The van der Waals surface area contributed by atoms with Crippen molar-refractivity contribution in [1.82, 2.24) is 0 Å². The highest BCUT2D eigenvalue weighted by Gasteiger charge is 2.91. The van der Waals surface area contributed by atoms with E-state index >= 15 is 0 Å². The van der Waals surface area contributed by atoms with Gasteiger partial charge in [-0.2, -0.15) is 57.1 Å². The van der Waals surface area contributed by atoms with Crippen molar-refractivity contribution in [2.75, 3.05) is 13.2 Å². The summed E-state index contributed by atoms with van der Waals surface area (Å²) in [6.45, 7) is 2.53. The molecule has 0 saturated carbocycles. The zero-order valence-corrected chi connectivity index (χ0v) is 16.2. The molecule has 0 saturated heterocycles. The topological polar surface area (TPSA) is 18.5 Å². The Labute approximate surface area is 158 Å². The summed E-state index contributed by atoms with van der Waals surface area (Å²) >= 11 is 0. The fourth-order valence-corrected chi connectivity index (χ4v) is 4.07. The van der Waals surface area contributed by atoms with Crippen molar-refractivity contribution in [2.24, 2.45) is 5.92 Å². The van der Waals surface area contributed by atoms with Crippen LogP contribution in [0.5, 0.6) is 0 Å². The van der Waals surface area contributed by atoms with E-state index in [-0.39, 0.29) is 20.1 Å². The van der Waals surface area contributed by atoms with Crippen LogP contribution in [0.4, 0.5) is 57.1 Å². The molecule has 0 aromatic rings. The summed E-state index contributed by atoms with van der Waals surface area (Å²) in [5, 5.41) is 0. The first-order valence-electron chi connectivity index (χ1n) is 7.85. The van der Waals surface area contributed by atoms with Crippen LogP contribution in [0.15, 0.2) is 0 Å². The summed E-state index contributed by atoms with van der Waals surface area (Å²) in [5.41, 5.74) is 0. The van der Waals surface area contributed by atoms with E-state index < -0.39 is 57.0 Å². The number of hydrogen-bond donors (Lipinski definition) is 0. The Kier molecular flexibility index (Phi) is 8.53. The molecule has 0 spiro atoms. The van der Waals surface area contributed by atoms with Gasteiger partial charge in [0.05, 0.1) is 0 Å². The molecule has 176 valence electrons. The Bertz CT molecular complexity index is 529. The number of hydrogen-bond acceptors (Lipinski definition) is 2. The molecule has 0 N–H and O–H groups in total. The van der Waals surface area contributed by atoms with E-state index in [1.54, 1.807) is 0 Å². The number of halogens is 13. The van der Waals surface area contributed by atoms with Gasteiger partial charge in [-0.1, -0.05) is 6.92 Å². The smallest absolute Gasteiger partial charge is 0.397 e. The van der Waals surface area contributed by atoms with Crippen molar-refractivity contribution < 1.29 is 65.9 Å². The molecule has 0 amide bonds. The fourth-order valence-electron chi connectivity index (χ4n) is 2.08. The molecule has 0 bridgehead atoms. The van der Waals surface area contributed by atoms with E-state index in [1.807, 2.05) is 0 Å². The Morgan fingerprint density at radius 1 is 0.621 bits per heavy atom. The predicted octanol–water partition coefficient (Wildman–Crippen LogP) is 5.65. The van der Waals surface area contributed by atoms with Gasteiger partial charge in [0.15, 0.2) is 0 Å². The van der Waals surface area contributed by atoms with E-state index in [0.29, 0.717) is 0 Å². The maximum atomic E-state index is 14.0. The molecular formula is C13H17F13O2Si. The standard InChI is InChI=1S/C13H17F13O2Si/c1-4-27-29(28-5-2)6-7(3)8(14,15)9(16,17)10(18,19)11(20,21)12(22,23)13(24,25)26/h7,29H,4-6H2,1-3H3. The Balaban J connectivity index is 6.09. The second-order valence-electron chi connectivity index (χ2n) is 5.90. The van der Waals surface area contributed by atoms with Gasteiger partial charge in [0.2, 0.25) is 0 Å². The zero-order chi connectivity index (χ0) is 23.7. The molecule has 16 heteroatoms. The van der Waals surface area contributed by atoms with E-state index in [0.717, 1.165) is 0 Å². The maximum absolute atomic E-state index is 14.0. The van der Waals surface area contributed by atoms with Gasteiger partial charge in [0, 0.05) is 19.1 Å². The summed E-state index contributed by atoms with van der Waals surface area (Å²) in [7, 11) is -3.19. The lowest BCUT2D eigenvalue weighted by molar-refractivity contribution is -0.442. The molecule has 29 heavy (non-hydrogen) atoms. The highest BCUT2D eigenvalue weighted by Crippen LogP contribution is 2.61. The van der Waals surface area contributed by atoms with Crippen LogP contribution in [0.1, 0.15) is 20.8 Å². The minimum atomic E-state index is -7.89. The molecule has 0 aliphatic carbocycles. The van der Waals surface area contributed by atoms with E-state index in [1.165, 1.54) is 13.8 Å². The second kappa shape index (κ2) is 8.76. The third-order valence-electron chi connectivity index (χ3n) is 3.83. The molecule has 0 aliphatic heterocycles. The van der Waals surface area contributed by atoms with Crippen LogP contribution >= 0.6 is 0 Å². The van der Waals surface area contributed by atoms with Gasteiger partial charge in [-0.05, 0) is 19.9 Å². The first-order chi connectivity index (χ1) is 12.7. The quantitative estimate of drug-likeness (QED) is 0.281. The van der Waals surface area contributed by atoms with Crippen LogP contribution in [-0.4, -0.2) is 58.3 Å². The molecule has 0 fully saturated rings. The fraction of sp³-hybridized carbons (Fsp3) is 1.00. The lowest BCUT2D eigenvalue weighted by Crippen LogP contribution is -2.70. The molecule has 0 radical (unpaired) electrons. The van der Waals surface area contributed by atoms with Gasteiger partial charge in [-0.25, -0.2) is 0 Å². The zero-order valence-electron chi connectivity index (χ0n) is 15.0. The van der Waals surface area contributed by atoms with Crippen molar-refractivity contribution >= 4 is 9.28 Å². The Morgan fingerprint density at radius 3 is 1.28 bits per heavy atom. The van der Waals surface area contributed by atoms with Crippen molar-refractivity contribution in [3.05, 3.63) is 0 Å². The normalized spacial score (nSPS) is 16.4. The minimum Gasteiger partial charge on any atom is -0.397 e. The first kappa shape index (κ1) is 28.2. The SMILES string of the molecule is CCO[SiH](CC(C)C(F)(F)C(F)(F)C(F)(F)C(F)(F)C(F)(F)C(F)(F)F)OCC. The highest BCUT2D eigenvalue weighted by atomic mass is 28.3. The van der Waals surface area contributed by atoms with Gasteiger partial charge < -0.3 is 8.85 Å². The van der Waals surface area contributed by atoms with Gasteiger partial charge >= 0.3 is 45.1 Å².